The van der Waals surface area contributed by atoms with Crippen LogP contribution in [0.4, 0.5) is 5.69 Å². The second-order valence-electron chi connectivity index (χ2n) is 5.22. The summed E-state index contributed by atoms with van der Waals surface area (Å²) in [5.41, 5.74) is 1.17. The number of aliphatic hydroxyl groups excluding tert-OH is 1. The highest BCUT2D eigenvalue weighted by Gasteiger charge is 2.24. The molecule has 0 aromatic heterocycles. The molecule has 0 amide bonds. The van der Waals surface area contributed by atoms with Gasteiger partial charge in [-0.25, -0.2) is 0 Å². The number of rotatable bonds is 9. The van der Waals surface area contributed by atoms with Gasteiger partial charge in [-0.05, 0) is 31.4 Å². The van der Waals surface area contributed by atoms with Gasteiger partial charge in [0.25, 0.3) is 5.69 Å². The quantitative estimate of drug-likeness (QED) is 0.414. The van der Waals surface area contributed by atoms with Crippen LogP contribution in [-0.4, -0.2) is 29.7 Å². The van der Waals surface area contributed by atoms with Gasteiger partial charge in [-0.3, -0.25) is 10.1 Å². The molecule has 0 aliphatic heterocycles. The van der Waals surface area contributed by atoms with Crippen molar-refractivity contribution in [2.45, 2.75) is 33.1 Å². The summed E-state index contributed by atoms with van der Waals surface area (Å²) in [6.07, 6.45) is 2.72. The van der Waals surface area contributed by atoms with Crippen molar-refractivity contribution in [2.75, 3.05) is 19.7 Å². The number of hydrogen-bond donors (Lipinski definition) is 2. The lowest BCUT2D eigenvalue weighted by Gasteiger charge is -2.29. The largest absolute Gasteiger partial charge is 0.396 e. The van der Waals surface area contributed by atoms with Crippen LogP contribution in [-0.2, 0) is 6.42 Å². The second-order valence-corrected chi connectivity index (χ2v) is 5.22. The Kier molecular flexibility index (Phi) is 6.61. The predicted molar refractivity (Wildman–Crippen MR) is 79.8 cm³/mol. The molecule has 0 fully saturated rings. The summed E-state index contributed by atoms with van der Waals surface area (Å²) < 4.78 is 0. The van der Waals surface area contributed by atoms with Crippen LogP contribution >= 0.6 is 0 Å². The summed E-state index contributed by atoms with van der Waals surface area (Å²) in [4.78, 5) is 10.2. The molecule has 5 nitrogen and oxygen atoms in total. The molecule has 0 aliphatic carbocycles. The average molecular weight is 280 g/mol. The van der Waals surface area contributed by atoms with E-state index in [0.29, 0.717) is 0 Å². The predicted octanol–water partition coefficient (Wildman–Crippen LogP) is 2.53. The second kappa shape index (κ2) is 7.97. The monoisotopic (exact) mass is 280 g/mol. The summed E-state index contributed by atoms with van der Waals surface area (Å²) in [6.45, 7) is 5.99. The fraction of sp³-hybridized carbons (Fsp3) is 0.600. The molecule has 0 radical (unpaired) electrons. The topological polar surface area (TPSA) is 75.4 Å². The zero-order chi connectivity index (χ0) is 15.0. The van der Waals surface area contributed by atoms with Crippen LogP contribution in [0.5, 0.6) is 0 Å². The van der Waals surface area contributed by atoms with Gasteiger partial charge in [0, 0.05) is 30.7 Å². The normalized spacial score (nSPS) is 11.6. The van der Waals surface area contributed by atoms with Crippen LogP contribution in [0, 0.1) is 15.5 Å². The fourth-order valence-electron chi connectivity index (χ4n) is 2.15. The minimum Gasteiger partial charge on any atom is -0.396 e. The van der Waals surface area contributed by atoms with Gasteiger partial charge in [0.05, 0.1) is 4.92 Å². The molecule has 0 saturated heterocycles. The first-order valence-corrected chi connectivity index (χ1v) is 7.12. The van der Waals surface area contributed by atoms with Crippen molar-refractivity contribution in [3.05, 3.63) is 39.9 Å². The number of non-ortho nitro benzene ring substituents is 1. The molecule has 1 aromatic rings. The van der Waals surface area contributed by atoms with Gasteiger partial charge in [-0.1, -0.05) is 26.0 Å². The molecule has 1 rings (SSSR count). The first-order valence-electron chi connectivity index (χ1n) is 7.12. The van der Waals surface area contributed by atoms with E-state index >= 15 is 0 Å². The van der Waals surface area contributed by atoms with E-state index in [1.54, 1.807) is 12.1 Å². The maximum absolute atomic E-state index is 10.6. The Hall–Kier alpha value is -1.46. The van der Waals surface area contributed by atoms with Gasteiger partial charge in [-0.2, -0.15) is 0 Å². The van der Waals surface area contributed by atoms with Crippen LogP contribution < -0.4 is 5.32 Å². The van der Waals surface area contributed by atoms with E-state index in [2.05, 4.69) is 19.2 Å². The molecule has 0 saturated carbocycles. The molecule has 0 spiro atoms. The first-order chi connectivity index (χ1) is 9.56. The molecule has 0 unspecified atom stereocenters. The highest BCUT2D eigenvalue weighted by atomic mass is 16.6. The Morgan fingerprint density at radius 2 is 1.85 bits per heavy atom. The van der Waals surface area contributed by atoms with Gasteiger partial charge in [-0.15, -0.1) is 0 Å². The van der Waals surface area contributed by atoms with Gasteiger partial charge in [0.15, 0.2) is 0 Å². The lowest BCUT2D eigenvalue weighted by atomic mass is 9.83. The SMILES string of the molecule is CCC(CC)(CO)CNCCc1ccc([N+](=O)[O-])cc1. The summed E-state index contributed by atoms with van der Waals surface area (Å²) in [6, 6.07) is 6.65. The lowest BCUT2D eigenvalue weighted by Crippen LogP contribution is -2.37. The highest BCUT2D eigenvalue weighted by molar-refractivity contribution is 5.32. The number of benzene rings is 1. The Morgan fingerprint density at radius 1 is 1.25 bits per heavy atom. The third-order valence-electron chi connectivity index (χ3n) is 4.07. The third kappa shape index (κ3) is 4.58. The standard InChI is InChI=1S/C15H24N2O3/c1-3-15(4-2,12-18)11-16-10-9-13-5-7-14(8-6-13)17(19)20/h5-8,16,18H,3-4,9-12H2,1-2H3. The summed E-state index contributed by atoms with van der Waals surface area (Å²) >= 11 is 0. The van der Waals surface area contributed by atoms with E-state index in [1.807, 2.05) is 0 Å². The molecule has 2 N–H and O–H groups in total. The van der Waals surface area contributed by atoms with E-state index in [1.165, 1.54) is 12.1 Å². The molecule has 20 heavy (non-hydrogen) atoms. The van der Waals surface area contributed by atoms with Gasteiger partial charge in [0.2, 0.25) is 0 Å². The molecule has 0 aliphatic rings. The lowest BCUT2D eigenvalue weighted by molar-refractivity contribution is -0.384. The summed E-state index contributed by atoms with van der Waals surface area (Å²) in [7, 11) is 0. The van der Waals surface area contributed by atoms with Gasteiger partial charge < -0.3 is 10.4 Å². The van der Waals surface area contributed by atoms with Crippen LogP contribution in [0.2, 0.25) is 0 Å². The fourth-order valence-corrected chi connectivity index (χ4v) is 2.15. The van der Waals surface area contributed by atoms with Crippen molar-refractivity contribution in [2.24, 2.45) is 5.41 Å². The summed E-state index contributed by atoms with van der Waals surface area (Å²) in [5.74, 6) is 0. The van der Waals surface area contributed by atoms with E-state index in [-0.39, 0.29) is 22.6 Å². The van der Waals surface area contributed by atoms with E-state index in [9.17, 15) is 15.2 Å². The highest BCUT2D eigenvalue weighted by Crippen LogP contribution is 2.24. The van der Waals surface area contributed by atoms with Gasteiger partial charge >= 0.3 is 0 Å². The van der Waals surface area contributed by atoms with E-state index in [0.717, 1.165) is 37.9 Å². The molecule has 1 aromatic carbocycles. The van der Waals surface area contributed by atoms with Gasteiger partial charge in [0.1, 0.15) is 0 Å². The zero-order valence-electron chi connectivity index (χ0n) is 12.3. The van der Waals surface area contributed by atoms with Crippen molar-refractivity contribution in [3.8, 4) is 0 Å². The van der Waals surface area contributed by atoms with E-state index in [4.69, 9.17) is 0 Å². The van der Waals surface area contributed by atoms with Crippen LogP contribution in [0.1, 0.15) is 32.3 Å². The number of hydrogen-bond acceptors (Lipinski definition) is 4. The van der Waals surface area contributed by atoms with Crippen molar-refractivity contribution in [1.29, 1.82) is 0 Å². The van der Waals surface area contributed by atoms with Crippen LogP contribution in [0.25, 0.3) is 0 Å². The number of nitrogens with zero attached hydrogens (tertiary/aromatic N) is 1. The van der Waals surface area contributed by atoms with Crippen molar-refractivity contribution >= 4 is 5.69 Å². The first kappa shape index (κ1) is 16.6. The van der Waals surface area contributed by atoms with Crippen LogP contribution in [0.15, 0.2) is 24.3 Å². The maximum Gasteiger partial charge on any atom is 0.269 e. The number of nitro groups is 1. The average Bonchev–Trinajstić information content (AvgIpc) is 2.49. The molecule has 0 atom stereocenters. The molecule has 0 heterocycles. The Morgan fingerprint density at radius 3 is 2.30 bits per heavy atom. The van der Waals surface area contributed by atoms with Crippen molar-refractivity contribution in [1.82, 2.24) is 5.32 Å². The number of nitro benzene ring substituents is 1. The molecule has 0 bridgehead atoms. The van der Waals surface area contributed by atoms with Crippen molar-refractivity contribution in [3.63, 3.8) is 0 Å². The number of aliphatic hydroxyl groups is 1. The number of nitrogens with one attached hydrogen (secondary N) is 1. The van der Waals surface area contributed by atoms with E-state index < -0.39 is 0 Å². The smallest absolute Gasteiger partial charge is 0.269 e. The Balaban J connectivity index is 2.39. The Bertz CT molecular complexity index is 405. The third-order valence-corrected chi connectivity index (χ3v) is 4.07. The Labute approximate surface area is 120 Å². The summed E-state index contributed by atoms with van der Waals surface area (Å²) in [5, 5.41) is 23.4. The zero-order valence-corrected chi connectivity index (χ0v) is 12.3. The molecular formula is C15H24N2O3. The van der Waals surface area contributed by atoms with Crippen LogP contribution in [0.3, 0.4) is 0 Å². The maximum atomic E-state index is 10.6. The minimum absolute atomic E-state index is 0.0323. The molecular weight excluding hydrogens is 256 g/mol. The molecule has 5 heteroatoms. The minimum atomic E-state index is -0.389. The van der Waals surface area contributed by atoms with Crippen molar-refractivity contribution < 1.29 is 10.0 Å². The molecule has 112 valence electrons.